The Kier molecular flexibility index (Phi) is 12.3. The zero-order chi connectivity index (χ0) is 19.5. The number of nitrogens with zero attached hydrogens (tertiary/aromatic N) is 2. The number of primary amides is 1. The first-order chi connectivity index (χ1) is 13.1. The number of methoxy groups -OCH3 is 1. The number of piperidine rings is 1. The topological polar surface area (TPSA) is 92.0 Å². The van der Waals surface area contributed by atoms with E-state index in [9.17, 15) is 4.79 Å². The van der Waals surface area contributed by atoms with E-state index in [2.05, 4.69) is 22.5 Å². The van der Waals surface area contributed by atoms with Gasteiger partial charge in [0.2, 0.25) is 5.91 Å². The molecule has 1 saturated heterocycles. The molecule has 1 unspecified atom stereocenters. The van der Waals surface area contributed by atoms with Gasteiger partial charge < -0.3 is 26.0 Å². The number of hydrogen-bond donors (Lipinski definition) is 3. The molecule has 7 nitrogen and oxygen atoms in total. The summed E-state index contributed by atoms with van der Waals surface area (Å²) >= 11 is 0. The summed E-state index contributed by atoms with van der Waals surface area (Å²) in [4.78, 5) is 18.6. The van der Waals surface area contributed by atoms with Gasteiger partial charge in [-0.15, -0.1) is 24.0 Å². The lowest BCUT2D eigenvalue weighted by Gasteiger charge is -2.40. The Hall–Kier alpha value is -0.610. The van der Waals surface area contributed by atoms with Crippen LogP contribution in [0.2, 0.25) is 0 Å². The maximum absolute atomic E-state index is 11.4. The molecule has 164 valence electrons. The molecule has 4 N–H and O–H groups in total. The molecule has 1 aliphatic carbocycles. The van der Waals surface area contributed by atoms with Crippen LogP contribution in [0.15, 0.2) is 4.99 Å². The van der Waals surface area contributed by atoms with Gasteiger partial charge in [-0.1, -0.05) is 6.42 Å². The third-order valence-corrected chi connectivity index (χ3v) is 6.02. The van der Waals surface area contributed by atoms with Crippen LogP contribution >= 0.6 is 24.0 Å². The van der Waals surface area contributed by atoms with E-state index < -0.39 is 0 Å². The van der Waals surface area contributed by atoms with Gasteiger partial charge in [0.25, 0.3) is 0 Å². The highest BCUT2D eigenvalue weighted by atomic mass is 127. The van der Waals surface area contributed by atoms with E-state index >= 15 is 0 Å². The van der Waals surface area contributed by atoms with Crippen LogP contribution in [0.4, 0.5) is 0 Å². The van der Waals surface area contributed by atoms with Gasteiger partial charge in [0.15, 0.2) is 5.96 Å². The predicted molar refractivity (Wildman–Crippen MR) is 125 cm³/mol. The summed E-state index contributed by atoms with van der Waals surface area (Å²) in [7, 11) is 1.77. The van der Waals surface area contributed by atoms with Crippen LogP contribution in [0.5, 0.6) is 0 Å². The van der Waals surface area contributed by atoms with E-state index in [0.717, 1.165) is 77.5 Å². The molecule has 1 saturated carbocycles. The van der Waals surface area contributed by atoms with Crippen LogP contribution in [-0.2, 0) is 9.53 Å². The van der Waals surface area contributed by atoms with E-state index in [-0.39, 0.29) is 35.8 Å². The lowest BCUT2D eigenvalue weighted by Crippen LogP contribution is -2.43. The summed E-state index contributed by atoms with van der Waals surface area (Å²) in [6.45, 7) is 8.41. The van der Waals surface area contributed by atoms with Crippen LogP contribution in [0, 0.1) is 11.3 Å². The van der Waals surface area contributed by atoms with Gasteiger partial charge in [-0.25, -0.2) is 0 Å². The van der Waals surface area contributed by atoms with Crippen molar-refractivity contribution in [2.45, 2.75) is 51.9 Å². The smallest absolute Gasteiger partial charge is 0.221 e. The summed E-state index contributed by atoms with van der Waals surface area (Å²) in [5.74, 6) is 0.781. The summed E-state index contributed by atoms with van der Waals surface area (Å²) in [6.07, 6.45) is 7.96. The fourth-order valence-corrected chi connectivity index (χ4v) is 4.07. The van der Waals surface area contributed by atoms with Gasteiger partial charge in [0.1, 0.15) is 0 Å². The summed E-state index contributed by atoms with van der Waals surface area (Å²) in [6, 6.07) is 0. The zero-order valence-corrected chi connectivity index (χ0v) is 20.0. The molecule has 2 rings (SSSR count). The van der Waals surface area contributed by atoms with Crippen molar-refractivity contribution in [3.63, 3.8) is 0 Å². The SMILES string of the molecule is CCNC(=NCC1(CCOC)CCC1)NCCCN1CCCC(C(N)=O)C1.I. The second-order valence-electron chi connectivity index (χ2n) is 8.11. The molecule has 0 radical (unpaired) electrons. The minimum absolute atomic E-state index is 0. The molecule has 1 heterocycles. The van der Waals surface area contributed by atoms with Crippen molar-refractivity contribution in [2.24, 2.45) is 22.1 Å². The quantitative estimate of drug-likeness (QED) is 0.172. The number of guanidine groups is 1. The molecule has 28 heavy (non-hydrogen) atoms. The van der Waals surface area contributed by atoms with Crippen LogP contribution in [0.1, 0.15) is 51.9 Å². The zero-order valence-electron chi connectivity index (χ0n) is 17.7. The van der Waals surface area contributed by atoms with Crippen LogP contribution in [-0.4, -0.2) is 69.8 Å². The predicted octanol–water partition coefficient (Wildman–Crippen LogP) is 1.95. The number of nitrogens with two attached hydrogens (primary N) is 1. The number of amides is 1. The number of hydrogen-bond acceptors (Lipinski definition) is 4. The van der Waals surface area contributed by atoms with Gasteiger partial charge >= 0.3 is 0 Å². The van der Waals surface area contributed by atoms with Crippen molar-refractivity contribution >= 4 is 35.8 Å². The number of carbonyl (C=O) groups excluding carboxylic acids is 1. The minimum Gasteiger partial charge on any atom is -0.385 e. The average Bonchev–Trinajstić information content (AvgIpc) is 2.64. The molecule has 8 heteroatoms. The third kappa shape index (κ3) is 8.41. The summed E-state index contributed by atoms with van der Waals surface area (Å²) in [5.41, 5.74) is 5.81. The maximum atomic E-state index is 11.4. The van der Waals surface area contributed by atoms with Crippen LogP contribution in [0.3, 0.4) is 0 Å². The number of halogens is 1. The Morgan fingerprint density at radius 2 is 2.11 bits per heavy atom. The molecular weight excluding hydrogens is 469 g/mol. The fraction of sp³-hybridized carbons (Fsp3) is 0.900. The van der Waals surface area contributed by atoms with E-state index in [0.29, 0.717) is 5.41 Å². The standard InChI is InChI=1S/C20H39N5O2.HI/c1-3-22-19(24-16-20(8-5-9-20)10-14-27-2)23-11-6-13-25-12-4-7-17(15-25)18(21)26;/h17H,3-16H2,1-2H3,(H2,21,26)(H2,22,23,24);1H. The van der Waals surface area contributed by atoms with Crippen molar-refractivity contribution in [2.75, 3.05) is 53.0 Å². The molecule has 0 bridgehead atoms. The minimum atomic E-state index is -0.155. The number of rotatable bonds is 11. The molecular formula is C20H40IN5O2. The van der Waals surface area contributed by atoms with Gasteiger partial charge in [0, 0.05) is 39.9 Å². The monoisotopic (exact) mass is 509 g/mol. The van der Waals surface area contributed by atoms with Gasteiger partial charge in [-0.05, 0) is 64.0 Å². The highest BCUT2D eigenvalue weighted by Crippen LogP contribution is 2.44. The Morgan fingerprint density at radius 3 is 2.71 bits per heavy atom. The summed E-state index contributed by atoms with van der Waals surface area (Å²) < 4.78 is 5.27. The van der Waals surface area contributed by atoms with Crippen LogP contribution < -0.4 is 16.4 Å². The molecule has 0 aromatic heterocycles. The number of ether oxygens (including phenoxy) is 1. The Balaban J connectivity index is 0.00000392. The van der Waals surface area contributed by atoms with Crippen molar-refractivity contribution in [3.05, 3.63) is 0 Å². The molecule has 0 spiro atoms. The largest absolute Gasteiger partial charge is 0.385 e. The van der Waals surface area contributed by atoms with Gasteiger partial charge in [-0.3, -0.25) is 9.79 Å². The molecule has 0 aromatic rings. The van der Waals surface area contributed by atoms with Crippen molar-refractivity contribution in [1.29, 1.82) is 0 Å². The normalized spacial score (nSPS) is 22.1. The first-order valence-electron chi connectivity index (χ1n) is 10.6. The van der Waals surface area contributed by atoms with E-state index in [1.165, 1.54) is 19.3 Å². The van der Waals surface area contributed by atoms with Crippen LogP contribution in [0.25, 0.3) is 0 Å². The van der Waals surface area contributed by atoms with E-state index in [4.69, 9.17) is 15.5 Å². The fourth-order valence-electron chi connectivity index (χ4n) is 4.07. The van der Waals surface area contributed by atoms with E-state index in [1.54, 1.807) is 7.11 Å². The highest BCUT2D eigenvalue weighted by Gasteiger charge is 2.36. The number of aliphatic imine (C=N–C) groups is 1. The molecule has 2 aliphatic rings. The second-order valence-corrected chi connectivity index (χ2v) is 8.11. The maximum Gasteiger partial charge on any atom is 0.221 e. The van der Waals surface area contributed by atoms with E-state index in [1.807, 2.05) is 0 Å². The third-order valence-electron chi connectivity index (χ3n) is 6.02. The first kappa shape index (κ1) is 25.4. The van der Waals surface area contributed by atoms with Gasteiger partial charge in [-0.2, -0.15) is 0 Å². The number of carbonyl (C=O) groups is 1. The second kappa shape index (κ2) is 13.6. The number of likely N-dealkylation sites (tertiary alicyclic amines) is 1. The molecule has 1 aliphatic heterocycles. The molecule has 0 aromatic carbocycles. The van der Waals surface area contributed by atoms with Crippen molar-refractivity contribution in [3.8, 4) is 0 Å². The Bertz CT molecular complexity index is 485. The van der Waals surface area contributed by atoms with Crippen molar-refractivity contribution < 1.29 is 9.53 Å². The molecule has 1 amide bonds. The Labute approximate surface area is 187 Å². The average molecular weight is 509 g/mol. The van der Waals surface area contributed by atoms with Crippen molar-refractivity contribution in [1.82, 2.24) is 15.5 Å². The number of nitrogens with one attached hydrogen (secondary N) is 2. The lowest BCUT2D eigenvalue weighted by molar-refractivity contribution is -0.123. The highest BCUT2D eigenvalue weighted by molar-refractivity contribution is 14.0. The lowest BCUT2D eigenvalue weighted by atomic mass is 9.67. The molecule has 1 atom stereocenters. The first-order valence-corrected chi connectivity index (χ1v) is 10.6. The summed E-state index contributed by atoms with van der Waals surface area (Å²) in [5, 5.41) is 6.81. The Morgan fingerprint density at radius 1 is 1.32 bits per heavy atom. The van der Waals surface area contributed by atoms with Gasteiger partial charge in [0.05, 0.1) is 5.92 Å². The molecule has 2 fully saturated rings.